The summed E-state index contributed by atoms with van der Waals surface area (Å²) in [7, 11) is 1.38. The van der Waals surface area contributed by atoms with Crippen molar-refractivity contribution in [3.8, 4) is 21.9 Å². The Bertz CT molecular complexity index is 3190. The maximum absolute atomic E-state index is 14.5. The summed E-state index contributed by atoms with van der Waals surface area (Å²) in [6, 6.07) is 15.5. The van der Waals surface area contributed by atoms with Crippen molar-refractivity contribution in [2.75, 3.05) is 7.11 Å². The summed E-state index contributed by atoms with van der Waals surface area (Å²) < 4.78 is 16.3. The molecule has 1 aliphatic heterocycles. The number of imidazole rings is 1. The minimum Gasteiger partial charge on any atom is -0.496 e. The van der Waals surface area contributed by atoms with Crippen LogP contribution in [0.1, 0.15) is 75.8 Å². The number of fused-ring (bicyclic) bond motifs is 6. The molecule has 63 heavy (non-hydrogen) atoms. The van der Waals surface area contributed by atoms with E-state index in [1.165, 1.54) is 4.57 Å². The highest BCUT2D eigenvalue weighted by Crippen LogP contribution is 2.41. The minimum atomic E-state index is -0.695. The molecular weight excluding hydrogens is 841 g/mol. The van der Waals surface area contributed by atoms with E-state index in [1.807, 2.05) is 86.9 Å². The first-order chi connectivity index (χ1) is 30.3. The van der Waals surface area contributed by atoms with Gasteiger partial charge in [-0.05, 0) is 83.5 Å². The SMILES string of the molecule is COc1cc2c(cc1-c1c(C)noc1C)ncc1c2n([C@H](C)c2ccccn2)c(=O)n1CC(=O)NBNC(=O)C[C@@H]1N=C(c2ccc(Cl)cc2)c2c(sc(C)c2C)-n2c(C)nnc21. The van der Waals surface area contributed by atoms with Crippen molar-refractivity contribution in [1.29, 1.82) is 0 Å². The Morgan fingerprint density at radius 2 is 1.78 bits per heavy atom. The van der Waals surface area contributed by atoms with Crippen LogP contribution in [0.15, 0.2) is 81.3 Å². The Balaban J connectivity index is 0.993. The molecule has 0 unspecified atom stereocenters. The molecule has 0 fully saturated rings. The number of methoxy groups -OCH3 is 1. The van der Waals surface area contributed by atoms with Gasteiger partial charge in [-0.25, -0.2) is 4.79 Å². The van der Waals surface area contributed by atoms with Crippen LogP contribution in [-0.2, 0) is 16.1 Å². The third-order valence-electron chi connectivity index (χ3n) is 11.5. The zero-order chi connectivity index (χ0) is 44.3. The summed E-state index contributed by atoms with van der Waals surface area (Å²) in [5.41, 5.74) is 7.64. The summed E-state index contributed by atoms with van der Waals surface area (Å²) >= 11 is 7.88. The van der Waals surface area contributed by atoms with Crippen molar-refractivity contribution in [2.24, 2.45) is 4.99 Å². The maximum atomic E-state index is 14.5. The lowest BCUT2D eigenvalue weighted by molar-refractivity contribution is -0.120. The molecule has 0 bridgehead atoms. The fraction of sp³-hybridized carbons (Fsp3) is 0.250. The average molecular weight is 882 g/mol. The molecule has 8 aromatic rings. The number of thiophene rings is 1. The van der Waals surface area contributed by atoms with E-state index in [0.29, 0.717) is 61.5 Å². The molecule has 2 aromatic carbocycles. The number of hydrogen-bond acceptors (Lipinski definition) is 12. The van der Waals surface area contributed by atoms with Crippen LogP contribution in [-0.4, -0.2) is 71.2 Å². The number of nitrogens with one attached hydrogen (secondary N) is 2. The largest absolute Gasteiger partial charge is 0.496 e. The number of rotatable bonds is 11. The number of carbonyl (C=O) groups is 2. The van der Waals surface area contributed by atoms with Gasteiger partial charge in [0.15, 0.2) is 5.82 Å². The summed E-state index contributed by atoms with van der Waals surface area (Å²) in [5, 5.41) is 20.7. The van der Waals surface area contributed by atoms with Crippen molar-refractivity contribution in [2.45, 2.75) is 66.6 Å². The molecule has 0 radical (unpaired) electrons. The highest BCUT2D eigenvalue weighted by Gasteiger charge is 2.33. The number of aromatic nitrogens is 8. The molecule has 19 heteroatoms. The average Bonchev–Trinajstić information content (AvgIpc) is 3.97. The number of benzene rings is 2. The van der Waals surface area contributed by atoms with Gasteiger partial charge in [0.1, 0.15) is 34.9 Å². The van der Waals surface area contributed by atoms with Gasteiger partial charge in [0.2, 0.25) is 11.8 Å². The standard InChI is InChI=1S/C44H41BClN11O5S/c1-21-25(5)63-43-38(21)40(27-11-13-28(46)14-12-27)49-33(42-53-52-26(6)57(42)43)18-36(58)50-45-51-37(59)20-55-34-19-48-32-16-30(39-22(2)54-62-24(39)4)35(61-7)17-29(32)41(34)56(44(55)60)23(3)31-10-8-9-15-47-31/h8-17,19,23,33,45H,18,20H2,1-7H3,(H,50,58)(H,51,59)/t23-,33+/m1/s1. The molecule has 2 N–H and O–H groups in total. The molecule has 2 atom stereocenters. The molecule has 2 amide bonds. The Hall–Kier alpha value is -6.92. The van der Waals surface area contributed by atoms with Gasteiger partial charge in [-0.3, -0.25) is 38.3 Å². The van der Waals surface area contributed by atoms with E-state index in [4.69, 9.17) is 30.8 Å². The Kier molecular flexibility index (Phi) is 10.8. The number of carbonyl (C=O) groups excluding carboxylic acids is 2. The van der Waals surface area contributed by atoms with Crippen LogP contribution in [0.2, 0.25) is 5.02 Å². The Morgan fingerprint density at radius 1 is 1.00 bits per heavy atom. The molecule has 9 rings (SSSR count). The molecule has 0 spiro atoms. The number of hydrogen-bond donors (Lipinski definition) is 2. The fourth-order valence-electron chi connectivity index (χ4n) is 8.29. The molecule has 16 nitrogen and oxygen atoms in total. The lowest BCUT2D eigenvalue weighted by Crippen LogP contribution is -2.43. The minimum absolute atomic E-state index is 0.0728. The first-order valence-electron chi connectivity index (χ1n) is 20.2. The van der Waals surface area contributed by atoms with Gasteiger partial charge in [-0.2, -0.15) is 0 Å². The number of nitrogens with zero attached hydrogens (tertiary/aromatic N) is 9. The summed E-state index contributed by atoms with van der Waals surface area (Å²) in [4.78, 5) is 57.4. The van der Waals surface area contributed by atoms with Crippen LogP contribution in [0.25, 0.3) is 38.1 Å². The molecule has 318 valence electrons. The predicted octanol–water partition coefficient (Wildman–Crippen LogP) is 6.34. The van der Waals surface area contributed by atoms with Crippen LogP contribution in [0.4, 0.5) is 0 Å². The van der Waals surface area contributed by atoms with Gasteiger partial charge in [0, 0.05) is 38.2 Å². The number of aryl methyl sites for hydroxylation is 4. The van der Waals surface area contributed by atoms with Gasteiger partial charge >= 0.3 is 13.2 Å². The maximum Gasteiger partial charge on any atom is 0.355 e. The van der Waals surface area contributed by atoms with Crippen molar-refractivity contribution in [3.63, 3.8) is 0 Å². The van der Waals surface area contributed by atoms with E-state index >= 15 is 0 Å². The van der Waals surface area contributed by atoms with E-state index < -0.39 is 23.7 Å². The van der Waals surface area contributed by atoms with Crippen LogP contribution in [0, 0.1) is 34.6 Å². The molecule has 1 aliphatic rings. The quantitative estimate of drug-likeness (QED) is 0.139. The first kappa shape index (κ1) is 41.4. The number of amides is 2. The molecule has 7 heterocycles. The number of aliphatic imine (C=N–C) groups is 1. The number of pyridine rings is 2. The van der Waals surface area contributed by atoms with E-state index in [0.717, 1.165) is 43.4 Å². The molecule has 0 saturated heterocycles. The second-order valence-electron chi connectivity index (χ2n) is 15.4. The molecular formula is C44H41BClN11O5S. The monoisotopic (exact) mass is 881 g/mol. The molecule has 0 aliphatic carbocycles. The Morgan fingerprint density at radius 3 is 2.49 bits per heavy atom. The van der Waals surface area contributed by atoms with Crippen molar-refractivity contribution < 1.29 is 18.8 Å². The highest BCUT2D eigenvalue weighted by atomic mass is 35.5. The third kappa shape index (κ3) is 7.27. The zero-order valence-electron chi connectivity index (χ0n) is 35.5. The van der Waals surface area contributed by atoms with Crippen LogP contribution in [0.5, 0.6) is 5.75 Å². The summed E-state index contributed by atoms with van der Waals surface area (Å²) in [6.45, 7) is 11.2. The number of halogens is 1. The van der Waals surface area contributed by atoms with Crippen LogP contribution >= 0.6 is 22.9 Å². The second-order valence-corrected chi connectivity index (χ2v) is 17.1. The lowest BCUT2D eigenvalue weighted by Gasteiger charge is -2.15. The van der Waals surface area contributed by atoms with E-state index in [9.17, 15) is 14.4 Å². The van der Waals surface area contributed by atoms with Gasteiger partial charge < -0.3 is 19.7 Å². The van der Waals surface area contributed by atoms with Crippen molar-refractivity contribution in [3.05, 3.63) is 133 Å². The van der Waals surface area contributed by atoms with Crippen molar-refractivity contribution in [1.82, 2.24) is 49.5 Å². The van der Waals surface area contributed by atoms with E-state index in [1.54, 1.807) is 35.4 Å². The molecule has 6 aromatic heterocycles. The lowest BCUT2D eigenvalue weighted by atomic mass is 9.99. The van der Waals surface area contributed by atoms with Gasteiger partial charge in [0.25, 0.3) is 0 Å². The summed E-state index contributed by atoms with van der Waals surface area (Å²) in [6.07, 6.45) is 3.19. The topological polar surface area (TPSA) is 189 Å². The predicted molar refractivity (Wildman–Crippen MR) is 242 cm³/mol. The summed E-state index contributed by atoms with van der Waals surface area (Å²) in [5.74, 6) is 1.49. The van der Waals surface area contributed by atoms with E-state index in [-0.39, 0.29) is 26.4 Å². The van der Waals surface area contributed by atoms with Gasteiger partial charge in [-0.15, -0.1) is 21.5 Å². The van der Waals surface area contributed by atoms with Gasteiger partial charge in [0.05, 0.1) is 65.0 Å². The number of ether oxygens (including phenoxy) is 1. The van der Waals surface area contributed by atoms with Gasteiger partial charge in [-0.1, -0.05) is 35.0 Å². The third-order valence-corrected chi connectivity index (χ3v) is 13.0. The van der Waals surface area contributed by atoms with Crippen molar-refractivity contribution >= 4 is 69.9 Å². The Labute approximate surface area is 370 Å². The van der Waals surface area contributed by atoms with Crippen LogP contribution < -0.4 is 20.9 Å². The fourth-order valence-corrected chi connectivity index (χ4v) is 9.63. The highest BCUT2D eigenvalue weighted by molar-refractivity contribution is 7.15. The first-order valence-corrected chi connectivity index (χ1v) is 21.4. The van der Waals surface area contributed by atoms with E-state index in [2.05, 4.69) is 44.6 Å². The second kappa shape index (κ2) is 16.4. The van der Waals surface area contributed by atoms with Crippen LogP contribution in [0.3, 0.4) is 0 Å². The molecule has 0 saturated carbocycles. The normalized spacial score (nSPS) is 13.9. The zero-order valence-corrected chi connectivity index (χ0v) is 37.1. The smallest absolute Gasteiger partial charge is 0.355 e.